The smallest absolute Gasteiger partial charge is 0.313 e. The average molecular weight is 279 g/mol. The van der Waals surface area contributed by atoms with Gasteiger partial charge in [0, 0.05) is 6.04 Å². The number of rotatable bonds is 3. The first-order valence-electron chi connectivity index (χ1n) is 6.36. The molecule has 0 saturated heterocycles. The lowest BCUT2D eigenvalue weighted by Crippen LogP contribution is -2.12. The van der Waals surface area contributed by atoms with Gasteiger partial charge in [0.1, 0.15) is 0 Å². The van der Waals surface area contributed by atoms with Crippen molar-refractivity contribution in [2.75, 3.05) is 7.05 Å². The Balaban J connectivity index is 2.32. The summed E-state index contributed by atoms with van der Waals surface area (Å²) in [5, 5.41) is 3.14. The number of alkyl halides is 3. The molecule has 1 N–H and O–H groups in total. The lowest BCUT2D eigenvalue weighted by molar-refractivity contribution is -0.137. The molecule has 1 nitrogen and oxygen atoms in total. The van der Waals surface area contributed by atoms with Gasteiger partial charge in [0.15, 0.2) is 0 Å². The lowest BCUT2D eigenvalue weighted by atomic mass is 9.99. The Hall–Kier alpha value is -1.81. The van der Waals surface area contributed by atoms with E-state index in [-0.39, 0.29) is 6.04 Å². The largest absolute Gasteiger partial charge is 0.416 e. The Labute approximate surface area is 116 Å². The molecule has 0 aliphatic heterocycles. The van der Waals surface area contributed by atoms with E-state index < -0.39 is 11.7 Å². The molecule has 2 aromatic rings. The van der Waals surface area contributed by atoms with Gasteiger partial charge in [-0.15, -0.1) is 0 Å². The third kappa shape index (κ3) is 3.20. The molecule has 0 aliphatic carbocycles. The van der Waals surface area contributed by atoms with E-state index in [4.69, 9.17) is 0 Å². The van der Waals surface area contributed by atoms with Gasteiger partial charge in [-0.25, -0.2) is 0 Å². The summed E-state index contributed by atoms with van der Waals surface area (Å²) in [4.78, 5) is 0. The van der Waals surface area contributed by atoms with E-state index >= 15 is 0 Å². The second kappa shape index (κ2) is 5.67. The van der Waals surface area contributed by atoms with Crippen LogP contribution in [-0.4, -0.2) is 7.05 Å². The number of halogens is 3. The molecule has 0 fully saturated rings. The zero-order chi connectivity index (χ0) is 14.8. The van der Waals surface area contributed by atoms with Crippen molar-refractivity contribution in [2.24, 2.45) is 0 Å². The van der Waals surface area contributed by atoms with Crippen LogP contribution in [0.3, 0.4) is 0 Å². The van der Waals surface area contributed by atoms with Gasteiger partial charge in [0.2, 0.25) is 0 Å². The van der Waals surface area contributed by atoms with Crippen LogP contribution in [0.15, 0.2) is 48.5 Å². The molecule has 0 aromatic heterocycles. The van der Waals surface area contributed by atoms with Crippen LogP contribution in [0, 0.1) is 0 Å². The predicted molar refractivity (Wildman–Crippen MR) is 74.4 cm³/mol. The zero-order valence-corrected chi connectivity index (χ0v) is 11.3. The van der Waals surface area contributed by atoms with Gasteiger partial charge < -0.3 is 5.32 Å². The van der Waals surface area contributed by atoms with Crippen molar-refractivity contribution in [1.29, 1.82) is 0 Å². The third-order valence-electron chi connectivity index (χ3n) is 3.37. The fourth-order valence-electron chi connectivity index (χ4n) is 2.01. The summed E-state index contributed by atoms with van der Waals surface area (Å²) in [5.41, 5.74) is 2.17. The van der Waals surface area contributed by atoms with Crippen molar-refractivity contribution in [3.8, 4) is 11.1 Å². The molecule has 0 heterocycles. The van der Waals surface area contributed by atoms with E-state index in [1.54, 1.807) is 0 Å². The van der Waals surface area contributed by atoms with Gasteiger partial charge in [-0.2, -0.15) is 13.2 Å². The first-order valence-corrected chi connectivity index (χ1v) is 6.36. The molecule has 1 atom stereocenters. The SMILES string of the molecule is CNC(C)c1cccc(-c2ccc(C(F)(F)F)cc2)c1. The number of hydrogen-bond donors (Lipinski definition) is 1. The minimum absolute atomic E-state index is 0.199. The molecule has 20 heavy (non-hydrogen) atoms. The molecule has 4 heteroatoms. The average Bonchev–Trinajstić information content (AvgIpc) is 2.46. The molecule has 0 radical (unpaired) electrons. The van der Waals surface area contributed by atoms with Crippen LogP contribution in [0.1, 0.15) is 24.1 Å². The van der Waals surface area contributed by atoms with E-state index in [9.17, 15) is 13.2 Å². The van der Waals surface area contributed by atoms with E-state index in [0.717, 1.165) is 28.8 Å². The maximum atomic E-state index is 12.5. The summed E-state index contributed by atoms with van der Waals surface area (Å²) >= 11 is 0. The standard InChI is InChI=1S/C16H16F3N/c1-11(20-2)13-4-3-5-14(10-13)12-6-8-15(9-7-12)16(17,18)19/h3-11,20H,1-2H3. The third-order valence-corrected chi connectivity index (χ3v) is 3.37. The second-order valence-electron chi connectivity index (χ2n) is 4.71. The fourth-order valence-corrected chi connectivity index (χ4v) is 2.01. The summed E-state index contributed by atoms with van der Waals surface area (Å²) in [7, 11) is 1.87. The van der Waals surface area contributed by atoms with E-state index in [1.165, 1.54) is 12.1 Å². The molecule has 0 bridgehead atoms. The molecular formula is C16H16F3N. The van der Waals surface area contributed by atoms with E-state index in [1.807, 2.05) is 38.2 Å². The highest BCUT2D eigenvalue weighted by atomic mass is 19.4. The molecule has 0 aliphatic rings. The highest BCUT2D eigenvalue weighted by Gasteiger charge is 2.29. The number of benzene rings is 2. The van der Waals surface area contributed by atoms with Gasteiger partial charge in [-0.3, -0.25) is 0 Å². The van der Waals surface area contributed by atoms with Crippen LogP contribution in [0.4, 0.5) is 13.2 Å². The van der Waals surface area contributed by atoms with Crippen molar-refractivity contribution in [3.05, 3.63) is 59.7 Å². The topological polar surface area (TPSA) is 12.0 Å². The predicted octanol–water partition coefficient (Wildman–Crippen LogP) is 4.65. The van der Waals surface area contributed by atoms with Crippen molar-refractivity contribution in [1.82, 2.24) is 5.32 Å². The Kier molecular flexibility index (Phi) is 4.14. The van der Waals surface area contributed by atoms with Gasteiger partial charge in [-0.1, -0.05) is 30.3 Å². The number of nitrogens with one attached hydrogen (secondary N) is 1. The highest BCUT2D eigenvalue weighted by Crippen LogP contribution is 2.31. The first-order chi connectivity index (χ1) is 9.41. The molecule has 106 valence electrons. The summed E-state index contributed by atoms with van der Waals surface area (Å²) in [5.74, 6) is 0. The van der Waals surface area contributed by atoms with E-state index in [2.05, 4.69) is 5.32 Å². The molecule has 2 rings (SSSR count). The maximum absolute atomic E-state index is 12.5. The van der Waals surface area contributed by atoms with Crippen LogP contribution < -0.4 is 5.32 Å². The molecule has 1 unspecified atom stereocenters. The van der Waals surface area contributed by atoms with Gasteiger partial charge >= 0.3 is 6.18 Å². The zero-order valence-electron chi connectivity index (χ0n) is 11.3. The summed E-state index contributed by atoms with van der Waals surface area (Å²) < 4.78 is 37.6. The molecular weight excluding hydrogens is 263 g/mol. The molecule has 0 amide bonds. The van der Waals surface area contributed by atoms with Crippen molar-refractivity contribution >= 4 is 0 Å². The second-order valence-corrected chi connectivity index (χ2v) is 4.71. The summed E-state index contributed by atoms with van der Waals surface area (Å²) in [6, 6.07) is 13.2. The fraction of sp³-hybridized carbons (Fsp3) is 0.250. The highest BCUT2D eigenvalue weighted by molar-refractivity contribution is 5.64. The minimum Gasteiger partial charge on any atom is -0.313 e. The van der Waals surface area contributed by atoms with E-state index in [0.29, 0.717) is 0 Å². The monoisotopic (exact) mass is 279 g/mol. The number of hydrogen-bond acceptors (Lipinski definition) is 1. The van der Waals surface area contributed by atoms with Gasteiger partial charge in [0.05, 0.1) is 5.56 Å². The maximum Gasteiger partial charge on any atom is 0.416 e. The normalized spacial score (nSPS) is 13.2. The summed E-state index contributed by atoms with van der Waals surface area (Å²) in [6.07, 6.45) is -4.29. The van der Waals surface area contributed by atoms with Crippen LogP contribution in [0.5, 0.6) is 0 Å². The molecule has 2 aromatic carbocycles. The van der Waals surface area contributed by atoms with Crippen molar-refractivity contribution in [3.63, 3.8) is 0 Å². The molecule has 0 spiro atoms. The van der Waals surface area contributed by atoms with Crippen LogP contribution >= 0.6 is 0 Å². The Morgan fingerprint density at radius 2 is 1.60 bits per heavy atom. The van der Waals surface area contributed by atoms with Gasteiger partial charge in [0.25, 0.3) is 0 Å². The van der Waals surface area contributed by atoms with Crippen LogP contribution in [-0.2, 0) is 6.18 Å². The van der Waals surface area contributed by atoms with Crippen LogP contribution in [0.2, 0.25) is 0 Å². The Bertz CT molecular complexity index is 573. The van der Waals surface area contributed by atoms with Gasteiger partial charge in [-0.05, 0) is 48.9 Å². The van der Waals surface area contributed by atoms with Crippen molar-refractivity contribution in [2.45, 2.75) is 19.1 Å². The quantitative estimate of drug-likeness (QED) is 0.862. The Morgan fingerprint density at radius 1 is 0.950 bits per heavy atom. The van der Waals surface area contributed by atoms with Crippen molar-refractivity contribution < 1.29 is 13.2 Å². The minimum atomic E-state index is -4.29. The Morgan fingerprint density at radius 3 is 2.15 bits per heavy atom. The van der Waals surface area contributed by atoms with Crippen LogP contribution in [0.25, 0.3) is 11.1 Å². The summed E-state index contributed by atoms with van der Waals surface area (Å²) in [6.45, 7) is 2.03. The first kappa shape index (κ1) is 14.6. The molecule has 0 saturated carbocycles. The lowest BCUT2D eigenvalue weighted by Gasteiger charge is -2.12.